The molecule has 1 aromatic carbocycles. The number of nitrogens with zero attached hydrogens (tertiary/aromatic N) is 2. The Morgan fingerprint density at radius 2 is 2.20 bits per heavy atom. The zero-order valence-electron chi connectivity index (χ0n) is 11.7. The average molecular weight is 336 g/mol. The van der Waals surface area contributed by atoms with Crippen LogP contribution in [0.1, 0.15) is 13.3 Å². The molecule has 0 saturated heterocycles. The minimum absolute atomic E-state index is 0.0202. The number of rotatable bonds is 5. The van der Waals surface area contributed by atoms with Gasteiger partial charge in [-0.3, -0.25) is 9.78 Å². The van der Waals surface area contributed by atoms with Crippen LogP contribution in [0.25, 0.3) is 10.9 Å². The number of hydrogen-bond donors (Lipinski definition) is 1. The van der Waals surface area contributed by atoms with Gasteiger partial charge in [-0.05, 0) is 30.7 Å². The lowest BCUT2D eigenvalue weighted by atomic mass is 10.1. The highest BCUT2D eigenvalue weighted by Crippen LogP contribution is 2.26. The van der Waals surface area contributed by atoms with Crippen LogP contribution in [0.4, 0.5) is 5.69 Å². The number of nitrogens with one attached hydrogen (secondary N) is 1. The summed E-state index contributed by atoms with van der Waals surface area (Å²) in [5.74, 6) is 0.0202. The van der Waals surface area contributed by atoms with Crippen molar-refractivity contribution in [3.8, 4) is 0 Å². The van der Waals surface area contributed by atoms with Gasteiger partial charge >= 0.3 is 0 Å². The van der Waals surface area contributed by atoms with E-state index in [2.05, 4.69) is 44.2 Å². The van der Waals surface area contributed by atoms with E-state index in [-0.39, 0.29) is 5.91 Å². The molecule has 0 aliphatic rings. The van der Waals surface area contributed by atoms with Crippen LogP contribution in [-0.4, -0.2) is 31.0 Å². The summed E-state index contributed by atoms with van der Waals surface area (Å²) in [4.78, 5) is 17.4. The first-order valence-corrected chi connectivity index (χ1v) is 7.37. The summed E-state index contributed by atoms with van der Waals surface area (Å²) in [6.45, 7) is 3.13. The summed E-state index contributed by atoms with van der Waals surface area (Å²) in [5, 5.41) is 3.95. The summed E-state index contributed by atoms with van der Waals surface area (Å²) in [7, 11) is 2.06. The molecule has 1 aromatic heterocycles. The number of aromatic nitrogens is 1. The van der Waals surface area contributed by atoms with Crippen molar-refractivity contribution in [2.75, 3.05) is 25.0 Å². The number of halogens is 1. The fourth-order valence-electron chi connectivity index (χ4n) is 2.14. The third-order valence-electron chi connectivity index (χ3n) is 3.14. The molecule has 0 aliphatic carbocycles. The lowest BCUT2D eigenvalue weighted by Crippen LogP contribution is -2.26. The third kappa shape index (κ3) is 3.70. The molecule has 0 unspecified atom stereocenters. The minimum atomic E-state index is 0.0202. The van der Waals surface area contributed by atoms with Crippen LogP contribution >= 0.6 is 15.9 Å². The van der Waals surface area contributed by atoms with Crippen LogP contribution in [0.15, 0.2) is 34.9 Å². The largest absolute Gasteiger partial charge is 0.374 e. The molecule has 106 valence electrons. The number of pyridine rings is 1. The van der Waals surface area contributed by atoms with Gasteiger partial charge in [0.1, 0.15) is 0 Å². The molecule has 1 heterocycles. The Balaban J connectivity index is 2.09. The molecule has 2 aromatic rings. The van der Waals surface area contributed by atoms with E-state index < -0.39 is 0 Å². The first-order valence-electron chi connectivity index (χ1n) is 6.58. The van der Waals surface area contributed by atoms with Crippen molar-refractivity contribution in [3.05, 3.63) is 34.9 Å². The van der Waals surface area contributed by atoms with E-state index >= 15 is 0 Å². The number of hydrogen-bond acceptors (Lipinski definition) is 3. The standard InChI is InChI=1S/C15H18BrN3O/c1-11(20)17-7-3-9-19(2)15-6-8-18-14-10-12(16)4-5-13(14)15/h4-6,8,10H,3,7,9H2,1-2H3,(H,17,20). The minimum Gasteiger partial charge on any atom is -0.374 e. The average Bonchev–Trinajstić information content (AvgIpc) is 2.42. The maximum Gasteiger partial charge on any atom is 0.216 e. The fourth-order valence-corrected chi connectivity index (χ4v) is 2.49. The van der Waals surface area contributed by atoms with E-state index in [0.29, 0.717) is 6.54 Å². The second kappa shape index (κ2) is 6.70. The Morgan fingerprint density at radius 3 is 2.95 bits per heavy atom. The van der Waals surface area contributed by atoms with Gasteiger partial charge in [-0.15, -0.1) is 0 Å². The van der Waals surface area contributed by atoms with Crippen LogP contribution in [0.3, 0.4) is 0 Å². The number of fused-ring (bicyclic) bond motifs is 1. The van der Waals surface area contributed by atoms with Crippen LogP contribution in [0.2, 0.25) is 0 Å². The van der Waals surface area contributed by atoms with Crippen molar-refractivity contribution >= 4 is 38.4 Å². The van der Waals surface area contributed by atoms with Gasteiger partial charge in [0, 0.05) is 48.8 Å². The van der Waals surface area contributed by atoms with Gasteiger partial charge in [-0.1, -0.05) is 15.9 Å². The maximum absolute atomic E-state index is 10.8. The maximum atomic E-state index is 10.8. The van der Waals surface area contributed by atoms with Crippen molar-refractivity contribution in [2.24, 2.45) is 0 Å². The highest BCUT2D eigenvalue weighted by molar-refractivity contribution is 9.10. The number of benzene rings is 1. The first kappa shape index (κ1) is 14.8. The smallest absolute Gasteiger partial charge is 0.216 e. The van der Waals surface area contributed by atoms with Crippen molar-refractivity contribution in [2.45, 2.75) is 13.3 Å². The molecule has 4 nitrogen and oxygen atoms in total. The Bertz CT molecular complexity index is 615. The van der Waals surface area contributed by atoms with E-state index in [0.717, 1.165) is 34.0 Å². The van der Waals surface area contributed by atoms with E-state index in [4.69, 9.17) is 0 Å². The Kier molecular flexibility index (Phi) is 4.95. The number of amides is 1. The number of anilines is 1. The van der Waals surface area contributed by atoms with Crippen LogP contribution in [-0.2, 0) is 4.79 Å². The van der Waals surface area contributed by atoms with Gasteiger partial charge in [0.05, 0.1) is 5.52 Å². The molecule has 1 N–H and O–H groups in total. The predicted molar refractivity (Wildman–Crippen MR) is 86.0 cm³/mol. The fraction of sp³-hybridized carbons (Fsp3) is 0.333. The lowest BCUT2D eigenvalue weighted by molar-refractivity contribution is -0.118. The molecular weight excluding hydrogens is 318 g/mol. The topological polar surface area (TPSA) is 45.2 Å². The quantitative estimate of drug-likeness (QED) is 0.854. The second-order valence-corrected chi connectivity index (χ2v) is 5.67. The van der Waals surface area contributed by atoms with Gasteiger partial charge in [0.25, 0.3) is 0 Å². The van der Waals surface area contributed by atoms with Crippen molar-refractivity contribution in [3.63, 3.8) is 0 Å². The molecule has 0 atom stereocenters. The summed E-state index contributed by atoms with van der Waals surface area (Å²) in [6, 6.07) is 8.14. The van der Waals surface area contributed by atoms with Crippen LogP contribution in [0.5, 0.6) is 0 Å². The zero-order chi connectivity index (χ0) is 14.5. The molecule has 2 rings (SSSR count). The third-order valence-corrected chi connectivity index (χ3v) is 3.63. The molecule has 0 aliphatic heterocycles. The summed E-state index contributed by atoms with van der Waals surface area (Å²) < 4.78 is 1.03. The molecule has 0 saturated carbocycles. The van der Waals surface area contributed by atoms with E-state index in [1.807, 2.05) is 24.4 Å². The molecule has 1 amide bonds. The highest BCUT2D eigenvalue weighted by Gasteiger charge is 2.07. The molecule has 0 bridgehead atoms. The van der Waals surface area contributed by atoms with Crippen LogP contribution < -0.4 is 10.2 Å². The summed E-state index contributed by atoms with van der Waals surface area (Å²) >= 11 is 3.47. The van der Waals surface area contributed by atoms with E-state index in [1.54, 1.807) is 0 Å². The Labute approximate surface area is 127 Å². The van der Waals surface area contributed by atoms with Gasteiger partial charge in [-0.2, -0.15) is 0 Å². The summed E-state index contributed by atoms with van der Waals surface area (Å²) in [6.07, 6.45) is 2.74. The van der Waals surface area contributed by atoms with Gasteiger partial charge in [0.15, 0.2) is 0 Å². The zero-order valence-corrected chi connectivity index (χ0v) is 13.3. The summed E-state index contributed by atoms with van der Waals surface area (Å²) in [5.41, 5.74) is 2.14. The first-order chi connectivity index (χ1) is 9.58. The van der Waals surface area contributed by atoms with Crippen LogP contribution in [0, 0.1) is 0 Å². The predicted octanol–water partition coefficient (Wildman–Crippen LogP) is 2.96. The van der Waals surface area contributed by atoms with Gasteiger partial charge in [-0.25, -0.2) is 0 Å². The van der Waals surface area contributed by atoms with Gasteiger partial charge in [0.2, 0.25) is 5.91 Å². The van der Waals surface area contributed by atoms with Crippen molar-refractivity contribution in [1.29, 1.82) is 0 Å². The SMILES string of the molecule is CC(=O)NCCCN(C)c1ccnc2cc(Br)ccc12. The molecular formula is C15H18BrN3O. The van der Waals surface area contributed by atoms with E-state index in [1.165, 1.54) is 6.92 Å². The van der Waals surface area contributed by atoms with E-state index in [9.17, 15) is 4.79 Å². The molecule has 5 heteroatoms. The molecule has 20 heavy (non-hydrogen) atoms. The molecule has 0 fully saturated rings. The Hall–Kier alpha value is -1.62. The number of carbonyl (C=O) groups is 1. The molecule has 0 spiro atoms. The van der Waals surface area contributed by atoms with Crippen molar-refractivity contribution < 1.29 is 4.79 Å². The normalized spacial score (nSPS) is 10.6. The number of carbonyl (C=O) groups excluding carboxylic acids is 1. The monoisotopic (exact) mass is 335 g/mol. The molecule has 0 radical (unpaired) electrons. The Morgan fingerprint density at radius 1 is 1.40 bits per heavy atom. The highest BCUT2D eigenvalue weighted by atomic mass is 79.9. The van der Waals surface area contributed by atoms with Crippen molar-refractivity contribution in [1.82, 2.24) is 10.3 Å². The van der Waals surface area contributed by atoms with Gasteiger partial charge < -0.3 is 10.2 Å². The lowest BCUT2D eigenvalue weighted by Gasteiger charge is -2.21. The second-order valence-electron chi connectivity index (χ2n) is 4.75.